The van der Waals surface area contributed by atoms with Crippen molar-refractivity contribution in [1.82, 2.24) is 5.32 Å². The lowest BCUT2D eigenvalue weighted by Gasteiger charge is -2.12. The molecule has 0 bridgehead atoms. The van der Waals surface area contributed by atoms with Crippen LogP contribution >= 0.6 is 23.2 Å². The number of hydrogen-bond donors (Lipinski definition) is 1. The van der Waals surface area contributed by atoms with Crippen LogP contribution in [0.15, 0.2) is 34.7 Å². The molecule has 0 aliphatic carbocycles. The van der Waals surface area contributed by atoms with Crippen LogP contribution in [0.5, 0.6) is 0 Å². The van der Waals surface area contributed by atoms with E-state index in [-0.39, 0.29) is 6.04 Å². The van der Waals surface area contributed by atoms with Gasteiger partial charge >= 0.3 is 0 Å². The van der Waals surface area contributed by atoms with Gasteiger partial charge in [0.25, 0.3) is 0 Å². The van der Waals surface area contributed by atoms with Crippen LogP contribution in [-0.4, -0.2) is 6.54 Å². The molecule has 19 heavy (non-hydrogen) atoms. The van der Waals surface area contributed by atoms with Crippen molar-refractivity contribution in [2.75, 3.05) is 6.54 Å². The van der Waals surface area contributed by atoms with Gasteiger partial charge in [0.1, 0.15) is 11.5 Å². The molecule has 1 heterocycles. The molecular weight excluding hydrogens is 281 g/mol. The van der Waals surface area contributed by atoms with Crippen LogP contribution in [-0.2, 0) is 0 Å². The summed E-state index contributed by atoms with van der Waals surface area (Å²) in [4.78, 5) is 0. The Morgan fingerprint density at radius 3 is 2.53 bits per heavy atom. The van der Waals surface area contributed by atoms with Crippen molar-refractivity contribution in [3.63, 3.8) is 0 Å². The van der Waals surface area contributed by atoms with Gasteiger partial charge in [-0.05, 0) is 43.3 Å². The molecule has 1 N–H and O–H groups in total. The van der Waals surface area contributed by atoms with Crippen molar-refractivity contribution in [1.29, 1.82) is 0 Å². The molecule has 0 fully saturated rings. The van der Waals surface area contributed by atoms with E-state index in [1.165, 1.54) is 0 Å². The van der Waals surface area contributed by atoms with Gasteiger partial charge < -0.3 is 9.73 Å². The summed E-state index contributed by atoms with van der Waals surface area (Å²) >= 11 is 11.9. The predicted molar refractivity (Wildman–Crippen MR) is 80.9 cm³/mol. The summed E-state index contributed by atoms with van der Waals surface area (Å²) < 4.78 is 5.91. The van der Waals surface area contributed by atoms with Gasteiger partial charge in [-0.1, -0.05) is 37.0 Å². The third kappa shape index (κ3) is 3.33. The van der Waals surface area contributed by atoms with Crippen LogP contribution in [0.25, 0.3) is 11.3 Å². The second-order valence-electron chi connectivity index (χ2n) is 4.35. The molecule has 2 rings (SSSR count). The number of furan rings is 1. The van der Waals surface area contributed by atoms with E-state index in [1.54, 1.807) is 6.07 Å². The minimum Gasteiger partial charge on any atom is -0.459 e. The summed E-state index contributed by atoms with van der Waals surface area (Å²) in [6.45, 7) is 5.14. The first-order valence-electron chi connectivity index (χ1n) is 6.44. The lowest BCUT2D eigenvalue weighted by atomic mass is 10.1. The van der Waals surface area contributed by atoms with E-state index >= 15 is 0 Å². The van der Waals surface area contributed by atoms with Crippen molar-refractivity contribution < 1.29 is 4.42 Å². The van der Waals surface area contributed by atoms with E-state index in [2.05, 4.69) is 19.2 Å². The summed E-state index contributed by atoms with van der Waals surface area (Å²) in [6, 6.07) is 9.74. The summed E-state index contributed by atoms with van der Waals surface area (Å²) in [7, 11) is 0. The Bertz CT molecular complexity index is 551. The molecule has 1 aromatic carbocycles. The molecule has 0 radical (unpaired) electrons. The van der Waals surface area contributed by atoms with Crippen molar-refractivity contribution in [3.8, 4) is 11.3 Å². The molecule has 2 nitrogen and oxygen atoms in total. The molecule has 0 aliphatic rings. The summed E-state index contributed by atoms with van der Waals surface area (Å²) in [5, 5.41) is 4.48. The fraction of sp³-hybridized carbons (Fsp3) is 0.333. The van der Waals surface area contributed by atoms with Crippen molar-refractivity contribution in [3.05, 3.63) is 46.1 Å². The van der Waals surface area contributed by atoms with Gasteiger partial charge in [0, 0.05) is 5.56 Å². The number of nitrogens with one attached hydrogen (secondary N) is 1. The van der Waals surface area contributed by atoms with E-state index in [0.29, 0.717) is 10.0 Å². The monoisotopic (exact) mass is 297 g/mol. The second-order valence-corrected chi connectivity index (χ2v) is 5.16. The highest BCUT2D eigenvalue weighted by molar-refractivity contribution is 6.42. The number of benzene rings is 1. The third-order valence-corrected chi connectivity index (χ3v) is 3.77. The van der Waals surface area contributed by atoms with Crippen LogP contribution in [0.3, 0.4) is 0 Å². The van der Waals surface area contributed by atoms with E-state index in [4.69, 9.17) is 27.6 Å². The predicted octanol–water partition coefficient (Wildman–Crippen LogP) is 5.31. The Morgan fingerprint density at radius 2 is 1.89 bits per heavy atom. The number of rotatable bonds is 5. The Morgan fingerprint density at radius 1 is 1.11 bits per heavy atom. The summed E-state index contributed by atoms with van der Waals surface area (Å²) in [6.07, 6.45) is 0.988. The van der Waals surface area contributed by atoms with Crippen LogP contribution < -0.4 is 5.32 Å². The third-order valence-electron chi connectivity index (χ3n) is 3.03. The maximum absolute atomic E-state index is 6.02. The van der Waals surface area contributed by atoms with E-state index in [1.807, 2.05) is 24.3 Å². The average molecular weight is 298 g/mol. The molecular formula is C15H17Cl2NO. The zero-order valence-electron chi connectivity index (χ0n) is 11.0. The highest BCUT2D eigenvalue weighted by Gasteiger charge is 2.13. The maximum atomic E-state index is 6.02. The van der Waals surface area contributed by atoms with Gasteiger partial charge in [-0.2, -0.15) is 0 Å². The normalized spacial score (nSPS) is 12.6. The van der Waals surface area contributed by atoms with Gasteiger partial charge in [-0.25, -0.2) is 0 Å². The quantitative estimate of drug-likeness (QED) is 0.808. The van der Waals surface area contributed by atoms with Gasteiger partial charge in [0.2, 0.25) is 0 Å². The summed E-state index contributed by atoms with van der Waals surface area (Å²) in [5.74, 6) is 1.76. The standard InChI is InChI=1S/C15H17Cl2NO/c1-3-13(18-4-2)15-8-7-14(19-15)10-5-6-11(16)12(17)9-10/h5-9,13,18H,3-4H2,1-2H3. The molecule has 4 heteroatoms. The van der Waals surface area contributed by atoms with Crippen molar-refractivity contribution in [2.45, 2.75) is 26.3 Å². The van der Waals surface area contributed by atoms with Crippen LogP contribution in [0.4, 0.5) is 0 Å². The fourth-order valence-corrected chi connectivity index (χ4v) is 2.34. The largest absolute Gasteiger partial charge is 0.459 e. The lowest BCUT2D eigenvalue weighted by molar-refractivity contribution is 0.417. The Kier molecular flexibility index (Phi) is 4.92. The minimum absolute atomic E-state index is 0.251. The molecule has 0 amide bonds. The first-order valence-corrected chi connectivity index (χ1v) is 7.19. The molecule has 0 spiro atoms. The molecule has 1 unspecified atom stereocenters. The Hall–Kier alpha value is -0.960. The topological polar surface area (TPSA) is 25.2 Å². The van der Waals surface area contributed by atoms with Crippen LogP contribution in [0, 0.1) is 0 Å². The molecule has 2 aromatic rings. The van der Waals surface area contributed by atoms with Gasteiger partial charge in [-0.3, -0.25) is 0 Å². The molecule has 1 aromatic heterocycles. The minimum atomic E-state index is 0.251. The van der Waals surface area contributed by atoms with Crippen LogP contribution in [0.2, 0.25) is 10.0 Å². The summed E-state index contributed by atoms with van der Waals surface area (Å²) in [5.41, 5.74) is 0.937. The van der Waals surface area contributed by atoms with E-state index < -0.39 is 0 Å². The molecule has 102 valence electrons. The number of halogens is 2. The molecule has 1 atom stereocenters. The average Bonchev–Trinajstić information content (AvgIpc) is 2.88. The molecule has 0 saturated heterocycles. The Balaban J connectivity index is 2.27. The van der Waals surface area contributed by atoms with Crippen LogP contribution in [0.1, 0.15) is 32.1 Å². The smallest absolute Gasteiger partial charge is 0.134 e. The second kappa shape index (κ2) is 6.47. The fourth-order valence-electron chi connectivity index (χ4n) is 2.04. The van der Waals surface area contributed by atoms with E-state index in [0.717, 1.165) is 30.0 Å². The van der Waals surface area contributed by atoms with Gasteiger partial charge in [0.15, 0.2) is 0 Å². The number of hydrogen-bond acceptors (Lipinski definition) is 2. The lowest BCUT2D eigenvalue weighted by Crippen LogP contribution is -2.19. The molecule has 0 saturated carbocycles. The first kappa shape index (κ1) is 14.4. The zero-order chi connectivity index (χ0) is 13.8. The van der Waals surface area contributed by atoms with Crippen molar-refractivity contribution >= 4 is 23.2 Å². The van der Waals surface area contributed by atoms with Gasteiger partial charge in [-0.15, -0.1) is 0 Å². The SMILES string of the molecule is CCNC(CC)c1ccc(-c2ccc(Cl)c(Cl)c2)o1. The van der Waals surface area contributed by atoms with Crippen molar-refractivity contribution in [2.24, 2.45) is 0 Å². The first-order chi connectivity index (χ1) is 9.15. The zero-order valence-corrected chi connectivity index (χ0v) is 12.6. The highest BCUT2D eigenvalue weighted by atomic mass is 35.5. The maximum Gasteiger partial charge on any atom is 0.134 e. The highest BCUT2D eigenvalue weighted by Crippen LogP contribution is 2.31. The van der Waals surface area contributed by atoms with Gasteiger partial charge in [0.05, 0.1) is 16.1 Å². The van der Waals surface area contributed by atoms with E-state index in [9.17, 15) is 0 Å². The molecule has 0 aliphatic heterocycles. The Labute approximate surface area is 123 Å².